The monoisotopic (exact) mass is 1930 g/mol. The summed E-state index contributed by atoms with van der Waals surface area (Å²) in [5.41, 5.74) is 13.8. The van der Waals surface area contributed by atoms with Gasteiger partial charge in [-0.15, -0.1) is 24.0 Å². The molecule has 0 spiro atoms. The van der Waals surface area contributed by atoms with Gasteiger partial charge in [-0.1, -0.05) is 126 Å². The number of azide groups is 1. The molecule has 653 valence electrons. The van der Waals surface area contributed by atoms with Crippen molar-refractivity contribution in [2.75, 3.05) is 121 Å². The molecule has 0 aromatic carbocycles. The summed E-state index contributed by atoms with van der Waals surface area (Å²) in [6.07, 6.45) is 25.1. The number of likely N-dealkylation sites (tertiary alicyclic amines) is 7. The molecule has 9 saturated heterocycles. The van der Waals surface area contributed by atoms with Gasteiger partial charge in [0.1, 0.15) is 0 Å². The Kier molecular flexibility index (Phi) is 94.6. The molecule has 0 aliphatic carbocycles. The van der Waals surface area contributed by atoms with E-state index in [4.69, 9.17) is 26.3 Å². The van der Waals surface area contributed by atoms with Crippen molar-refractivity contribution in [3.8, 4) is 0 Å². The molecule has 0 unspecified atom stereocenters. The van der Waals surface area contributed by atoms with Crippen molar-refractivity contribution < 1.29 is 151 Å². The molecule has 112 heavy (non-hydrogen) atoms. The van der Waals surface area contributed by atoms with Gasteiger partial charge < -0.3 is 107 Å². The summed E-state index contributed by atoms with van der Waals surface area (Å²) in [4.78, 5) is 111. The van der Waals surface area contributed by atoms with Crippen molar-refractivity contribution in [2.24, 2.45) is 52.3 Å². The van der Waals surface area contributed by atoms with E-state index in [9.17, 15) is 38.4 Å². The second-order valence-corrected chi connectivity index (χ2v) is 29.5. The second kappa shape index (κ2) is 82.2. The maximum atomic E-state index is 11.4. The van der Waals surface area contributed by atoms with Gasteiger partial charge in [0.25, 0.3) is 0 Å². The van der Waals surface area contributed by atoms with E-state index in [-0.39, 0.29) is 181 Å². The van der Waals surface area contributed by atoms with Crippen LogP contribution in [0.3, 0.4) is 0 Å². The van der Waals surface area contributed by atoms with Gasteiger partial charge in [-0.2, -0.15) is 33.6 Å². The van der Waals surface area contributed by atoms with Crippen LogP contribution in [0.4, 0.5) is 0 Å². The second-order valence-electron chi connectivity index (χ2n) is 29.5. The van der Waals surface area contributed by atoms with Crippen molar-refractivity contribution >= 4 is 78.3 Å². The maximum Gasteiger partial charge on any atom is 0.226 e. The number of carbonyl (C=O) groups excluding carboxylic acids is 8. The van der Waals surface area contributed by atoms with Gasteiger partial charge in [0.2, 0.25) is 17.7 Å². The van der Waals surface area contributed by atoms with Crippen molar-refractivity contribution in [1.82, 2.24) is 55.6 Å². The van der Waals surface area contributed by atoms with Crippen LogP contribution in [0, 0.1) is 62.2 Å². The van der Waals surface area contributed by atoms with Crippen molar-refractivity contribution in [3.05, 3.63) is 31.2 Å². The predicted molar refractivity (Wildman–Crippen MR) is 459 cm³/mol. The molecule has 5 amide bonds. The minimum Gasteiger partial charge on any atom is -0.665 e. The van der Waals surface area contributed by atoms with Crippen LogP contribution >= 0.6 is 24.0 Å². The minimum atomic E-state index is -0.197. The van der Waals surface area contributed by atoms with Crippen LogP contribution in [0.5, 0.6) is 0 Å². The van der Waals surface area contributed by atoms with Gasteiger partial charge in [-0.25, -0.2) is 0 Å². The first kappa shape index (κ1) is 129. The Bertz CT molecular complexity index is 2330. The molecule has 9 rings (SSSR count). The van der Waals surface area contributed by atoms with Crippen LogP contribution in [-0.4, -0.2) is 275 Å². The first-order valence-corrected chi connectivity index (χ1v) is 40.7. The number of hydrogen-bond acceptors (Lipinski definition) is 18. The van der Waals surface area contributed by atoms with Gasteiger partial charge in [-0.05, 0) is 174 Å². The van der Waals surface area contributed by atoms with Gasteiger partial charge in [0.05, 0.1) is 24.7 Å². The van der Waals surface area contributed by atoms with Gasteiger partial charge in [-0.3, -0.25) is 28.8 Å². The van der Waals surface area contributed by atoms with E-state index >= 15 is 0 Å². The van der Waals surface area contributed by atoms with Gasteiger partial charge in [0, 0.05) is 231 Å². The number of hydrogen-bond donors (Lipinski definition) is 7. The van der Waals surface area contributed by atoms with E-state index in [0.29, 0.717) is 81.9 Å². The topological polar surface area (TPSA) is 340 Å². The number of Topliss-reactive ketones (excluding diaryl/α,β-unsaturated/α-hetero) is 3. The van der Waals surface area contributed by atoms with E-state index in [1.54, 1.807) is 59.5 Å². The van der Waals surface area contributed by atoms with Crippen LogP contribution in [0.15, 0.2) is 5.11 Å². The number of ketones is 3. The van der Waals surface area contributed by atoms with Crippen LogP contribution in [-0.2, 0) is 141 Å². The Labute approximate surface area is 776 Å². The first-order valence-electron chi connectivity index (χ1n) is 40.7. The third-order valence-corrected chi connectivity index (χ3v) is 21.9. The average molecular weight is 1930 g/mol. The van der Waals surface area contributed by atoms with E-state index in [0.717, 1.165) is 80.7 Å². The normalized spacial score (nSPS) is 26.8. The minimum absolute atomic E-state index is 0. The Hall–Kier alpha value is -1.14. The summed E-state index contributed by atoms with van der Waals surface area (Å²) >= 11 is 0. The zero-order chi connectivity index (χ0) is 84.0. The number of aliphatic hydroxyl groups is 1. The molecule has 0 bridgehead atoms. The molecule has 0 aromatic rings. The summed E-state index contributed by atoms with van der Waals surface area (Å²) in [6.45, 7) is 52.4. The van der Waals surface area contributed by atoms with Gasteiger partial charge in [0.15, 0.2) is 17.3 Å². The fourth-order valence-corrected chi connectivity index (χ4v) is 14.7. The van der Waals surface area contributed by atoms with E-state index in [2.05, 4.69) is 174 Å². The molecule has 0 saturated carbocycles. The van der Waals surface area contributed by atoms with Crippen molar-refractivity contribution in [2.45, 2.75) is 294 Å². The van der Waals surface area contributed by atoms with Crippen LogP contribution in [0.2, 0.25) is 0 Å². The number of nitrogens with two attached hydrogens (primary N) is 1. The molecule has 0 aromatic heterocycles. The quantitative estimate of drug-likeness (QED) is 0.0140. The molecule has 8 N–H and O–H groups in total. The Morgan fingerprint density at radius 3 is 1.19 bits per heavy atom. The number of carbonyl (C=O) groups is 6. The Balaban J connectivity index is -0.000000149. The Morgan fingerprint density at radius 1 is 0.536 bits per heavy atom. The van der Waals surface area contributed by atoms with Crippen molar-refractivity contribution in [3.63, 3.8) is 0 Å². The van der Waals surface area contributed by atoms with Crippen LogP contribution < -0.4 is 27.0 Å². The molecule has 9 aliphatic heterocycles. The molecule has 9 heterocycles. The molecule has 30 heteroatoms. The first-order chi connectivity index (χ1) is 51.5. The van der Waals surface area contributed by atoms with E-state index in [1.165, 1.54) is 135 Å². The molecule has 9 fully saturated rings. The summed E-state index contributed by atoms with van der Waals surface area (Å²) in [5, 5.41) is 30.4. The summed E-state index contributed by atoms with van der Waals surface area (Å²) in [6, 6.07) is 2.94. The standard InChI is InChI=1S/C9H17N2O.C9H15NO2.C9H19N.C8H16N4.C8H15N2O.C8H18N2.C8H17NO.C7H11NO2.C6H9NO2.C3H8.3C2H5.CHO2.HI.3Y/c1-3-8-4-9(5-10-7-12)11(2)6-8;1-4-7-5-8(6(2)11)10(3)9(7)12;1-4-8-6-9(5-2)10(3)7-8;1-3-7-4-8(5-10-11-9)12(2)6-7;1-2-7-3-8(10-4-7)5-9-6-11;1-3-7-4-8(5-9)10(2)6-7;1-3-7-4-8(6-10)9(2)5-7;1-5(9)6-3-4-7(10)8(6)2;1-4(8)5-2-3-6(9)7-5;1-3-2;3*1-2;2-1-3;;;;/h8-9H,3-6H2,1-2H3,(H,10,12);7-8H,4-5H2,1-3H3;8-9H,4-7H2,1-3H3;7-8H,3-6H2,1-2H3;7-8,10H,2-5H2,1H3,(H,9,11);7-8H,3-6,9H2,1-2H3;7-8,10H,3-6H2,1-2H3;6H,3-4H2,1-2H3;5H,2-3H2,1H3,(H,7,9);3H2,1-2H3;3*1H2,2H3;(H,2,3);1H;;;/q-1;;;;-1;;;;;;4*-1;;;;/t8-,9+;7-,8+;8-,9-;4*7-,8+;6-;5-;;;;;;;;;/m111111100........./s1. The predicted octanol–water partition coefficient (Wildman–Crippen LogP) is 11.0. The van der Waals surface area contributed by atoms with Gasteiger partial charge >= 0.3 is 0 Å². The molecule has 26 nitrogen and oxygen atoms in total. The molecule has 3 radical (unpaired) electrons. The van der Waals surface area contributed by atoms with E-state index < -0.39 is 0 Å². The third kappa shape index (κ3) is 56.4. The summed E-state index contributed by atoms with van der Waals surface area (Å²) in [5.74, 6) is 5.64. The third-order valence-electron chi connectivity index (χ3n) is 21.9. The molecular weight excluding hydrogens is 1760 g/mol. The zero-order valence-electron chi connectivity index (χ0n) is 74.5. The molecule has 9 aliphatic rings. The molecular formula is C82H162IN15O11Y3-6. The summed E-state index contributed by atoms with van der Waals surface area (Å²) < 4.78 is 0. The number of amides is 5. The average Bonchev–Trinajstić information content (AvgIpc) is 1.68. The number of nitrogens with one attached hydrogen (secondary N) is 4. The number of likely N-dealkylation sites (N-methyl/N-ethyl adjacent to an activating group) is 6. The number of rotatable bonds is 21. The number of halogens is 1. The largest absolute Gasteiger partial charge is 0.665 e. The SMILES string of the molecule is CC(=O)[C@@H]1CCC(=O)N1.CC(=O)[C@@H]1CCC(=O)N1C.CCC.CC[C@@H]1C[C@@H](C(C)=O)N(C)C1=O.CC[C@@H]1C[C@@H](CC)N(C)C1.CC[C@@H]1C[C@@H](CN)N(C)C1.CC[C@@H]1C[C@@H](CN=[N+]=[N-])N(C)C1.CC[C@@H]1C[C@@H](CN[C-]=O)N(C)C1.CC[C@@H]1C[C@@H](CO)N(C)C1.CC[C@H]1CN[C@H](CN[C-]=O)C1.I.O=[C-]O.[CH2-]C.[CH2-]C.[CH2-]C.[Y].[Y].[Y]. The fraction of sp³-hybridized carbons (Fsp3) is 0.854. The number of nitrogens with zero attached hydrogens (tertiary/aromatic N) is 10. The summed E-state index contributed by atoms with van der Waals surface area (Å²) in [7, 11) is 14.1. The molecule has 16 atom stereocenters. The Morgan fingerprint density at radius 2 is 0.920 bits per heavy atom. The van der Waals surface area contributed by atoms with Crippen LogP contribution in [0.25, 0.3) is 10.4 Å². The fourth-order valence-electron chi connectivity index (χ4n) is 14.7. The maximum absolute atomic E-state index is 11.4. The van der Waals surface area contributed by atoms with Crippen LogP contribution in [0.1, 0.15) is 239 Å². The van der Waals surface area contributed by atoms with E-state index in [1.807, 2.05) is 6.92 Å². The van der Waals surface area contributed by atoms with Crippen molar-refractivity contribution in [1.29, 1.82) is 0 Å². The smallest absolute Gasteiger partial charge is 0.226 e. The zero-order valence-corrected chi connectivity index (χ0v) is 85.4. The number of aliphatic hydroxyl groups excluding tert-OH is 2.